The van der Waals surface area contributed by atoms with Crippen molar-refractivity contribution in [1.82, 2.24) is 5.32 Å². The fourth-order valence-corrected chi connectivity index (χ4v) is 3.90. The molecule has 31 heavy (non-hydrogen) atoms. The van der Waals surface area contributed by atoms with Gasteiger partial charge in [-0.2, -0.15) is 0 Å². The molecule has 1 atom stereocenters. The van der Waals surface area contributed by atoms with Crippen molar-refractivity contribution in [3.05, 3.63) is 95.8 Å². The van der Waals surface area contributed by atoms with Gasteiger partial charge in [-0.3, -0.25) is 4.79 Å². The number of esters is 1. The number of nitrogens with one attached hydrogen (secondary N) is 1. The van der Waals surface area contributed by atoms with Gasteiger partial charge in [-0.1, -0.05) is 60.7 Å². The van der Waals surface area contributed by atoms with E-state index in [4.69, 9.17) is 4.74 Å². The third-order valence-corrected chi connectivity index (χ3v) is 5.39. The van der Waals surface area contributed by atoms with E-state index in [0.717, 1.165) is 27.1 Å². The maximum Gasteiger partial charge on any atom is 0.328 e. The number of rotatable bonds is 6. The highest BCUT2D eigenvalue weighted by atomic mass is 19.1. The molecule has 0 aliphatic heterocycles. The Labute approximate surface area is 179 Å². The maximum atomic E-state index is 13.1. The van der Waals surface area contributed by atoms with Gasteiger partial charge in [-0.05, 0) is 50.9 Å². The van der Waals surface area contributed by atoms with Gasteiger partial charge in [0.1, 0.15) is 11.9 Å². The first-order valence-corrected chi connectivity index (χ1v) is 10.1. The molecule has 1 amide bonds. The van der Waals surface area contributed by atoms with Crippen LogP contribution in [-0.2, 0) is 27.2 Å². The lowest BCUT2D eigenvalue weighted by atomic mass is 9.92. The minimum atomic E-state index is -0.841. The summed E-state index contributed by atoms with van der Waals surface area (Å²) in [7, 11) is 1.31. The Kier molecular flexibility index (Phi) is 5.94. The summed E-state index contributed by atoms with van der Waals surface area (Å²) in [5.74, 6) is -1.20. The normalized spacial score (nSPS) is 11.9. The standard InChI is InChI=1S/C26H22FNO3/c1-31-26(30)24(28-25(29)14-17-10-12-20(27)13-11-17)16-23-21-8-4-2-6-18(21)15-19-7-3-5-9-22(19)23/h2-13,15,24H,14,16H2,1H3,(H,28,29)/t24-/m1/s1. The van der Waals surface area contributed by atoms with Crippen LogP contribution in [0.3, 0.4) is 0 Å². The molecule has 5 heteroatoms. The van der Waals surface area contributed by atoms with Gasteiger partial charge in [0.15, 0.2) is 0 Å². The quantitative estimate of drug-likeness (QED) is 0.371. The van der Waals surface area contributed by atoms with Crippen molar-refractivity contribution in [3.8, 4) is 0 Å². The third kappa shape index (κ3) is 4.56. The van der Waals surface area contributed by atoms with Crippen LogP contribution in [0.1, 0.15) is 11.1 Å². The number of hydrogen-bond acceptors (Lipinski definition) is 3. The molecule has 4 rings (SSSR count). The molecule has 0 spiro atoms. The number of benzene rings is 4. The molecule has 156 valence electrons. The van der Waals surface area contributed by atoms with Gasteiger partial charge in [0, 0.05) is 6.42 Å². The number of carbonyl (C=O) groups is 2. The van der Waals surface area contributed by atoms with Crippen LogP contribution in [0.4, 0.5) is 4.39 Å². The Bertz CT molecular complexity index is 1200. The molecular formula is C26H22FNO3. The number of carbonyl (C=O) groups excluding carboxylic acids is 2. The zero-order chi connectivity index (χ0) is 21.8. The van der Waals surface area contributed by atoms with Crippen LogP contribution in [0, 0.1) is 5.82 Å². The Hall–Kier alpha value is -3.73. The molecule has 0 saturated heterocycles. The van der Waals surface area contributed by atoms with Crippen LogP contribution >= 0.6 is 0 Å². The molecule has 0 aliphatic rings. The minimum absolute atomic E-state index is 0.0457. The predicted molar refractivity (Wildman–Crippen MR) is 119 cm³/mol. The van der Waals surface area contributed by atoms with E-state index >= 15 is 0 Å². The molecule has 0 aromatic heterocycles. The Morgan fingerprint density at radius 1 is 0.903 bits per heavy atom. The smallest absolute Gasteiger partial charge is 0.328 e. The SMILES string of the molecule is COC(=O)[C@@H](Cc1c2ccccc2cc2ccccc12)NC(=O)Cc1ccc(F)cc1. The molecule has 0 aliphatic carbocycles. The number of hydrogen-bond donors (Lipinski definition) is 1. The lowest BCUT2D eigenvalue weighted by Crippen LogP contribution is -2.43. The first-order chi connectivity index (χ1) is 15.0. The molecule has 0 heterocycles. The van der Waals surface area contributed by atoms with Crippen LogP contribution in [0.5, 0.6) is 0 Å². The van der Waals surface area contributed by atoms with E-state index in [-0.39, 0.29) is 18.1 Å². The summed E-state index contributed by atoms with van der Waals surface area (Å²) in [4.78, 5) is 25.2. The van der Waals surface area contributed by atoms with Crippen molar-refractivity contribution in [2.75, 3.05) is 7.11 Å². The molecule has 1 N–H and O–H groups in total. The number of ether oxygens (including phenoxy) is 1. The fraction of sp³-hybridized carbons (Fsp3) is 0.154. The van der Waals surface area contributed by atoms with Crippen molar-refractivity contribution in [3.63, 3.8) is 0 Å². The summed E-state index contributed by atoms with van der Waals surface area (Å²) in [6, 6.07) is 23.0. The number of halogens is 1. The second-order valence-corrected chi connectivity index (χ2v) is 7.45. The highest BCUT2D eigenvalue weighted by Gasteiger charge is 2.24. The Morgan fingerprint density at radius 2 is 1.48 bits per heavy atom. The zero-order valence-corrected chi connectivity index (χ0v) is 17.1. The van der Waals surface area contributed by atoms with E-state index in [0.29, 0.717) is 12.0 Å². The molecule has 0 fully saturated rings. The lowest BCUT2D eigenvalue weighted by Gasteiger charge is -2.19. The largest absolute Gasteiger partial charge is 0.467 e. The molecule has 0 unspecified atom stereocenters. The van der Waals surface area contributed by atoms with Gasteiger partial charge in [0.2, 0.25) is 5.91 Å². The van der Waals surface area contributed by atoms with E-state index in [1.807, 2.05) is 48.5 Å². The van der Waals surface area contributed by atoms with Crippen molar-refractivity contribution in [1.29, 1.82) is 0 Å². The molecule has 4 aromatic carbocycles. The van der Waals surface area contributed by atoms with Gasteiger partial charge >= 0.3 is 5.97 Å². The Morgan fingerprint density at radius 3 is 2.06 bits per heavy atom. The molecule has 0 radical (unpaired) electrons. The van der Waals surface area contributed by atoms with Gasteiger partial charge < -0.3 is 10.1 Å². The second kappa shape index (κ2) is 8.96. The first kappa shape index (κ1) is 20.5. The van der Waals surface area contributed by atoms with Gasteiger partial charge in [0.05, 0.1) is 13.5 Å². The lowest BCUT2D eigenvalue weighted by molar-refractivity contribution is -0.145. The number of fused-ring (bicyclic) bond motifs is 2. The molecule has 4 aromatic rings. The summed E-state index contributed by atoms with van der Waals surface area (Å²) in [6.45, 7) is 0. The summed E-state index contributed by atoms with van der Waals surface area (Å²) in [5.41, 5.74) is 1.64. The fourth-order valence-electron chi connectivity index (χ4n) is 3.90. The maximum absolute atomic E-state index is 13.1. The zero-order valence-electron chi connectivity index (χ0n) is 17.1. The van der Waals surface area contributed by atoms with E-state index in [1.54, 1.807) is 12.1 Å². The summed E-state index contributed by atoms with van der Waals surface area (Å²) in [5, 5.41) is 7.00. The van der Waals surface area contributed by atoms with Crippen molar-refractivity contribution < 1.29 is 18.7 Å². The molecule has 0 bridgehead atoms. The van der Waals surface area contributed by atoms with E-state index < -0.39 is 12.0 Å². The summed E-state index contributed by atoms with van der Waals surface area (Å²) in [6.07, 6.45) is 0.341. The number of amides is 1. The average molecular weight is 415 g/mol. The first-order valence-electron chi connectivity index (χ1n) is 10.1. The van der Waals surface area contributed by atoms with Crippen LogP contribution < -0.4 is 5.32 Å². The van der Waals surface area contributed by atoms with Crippen LogP contribution in [0.2, 0.25) is 0 Å². The van der Waals surface area contributed by atoms with E-state index in [1.165, 1.54) is 19.2 Å². The highest BCUT2D eigenvalue weighted by Crippen LogP contribution is 2.29. The van der Waals surface area contributed by atoms with Crippen molar-refractivity contribution >= 4 is 33.4 Å². The van der Waals surface area contributed by atoms with Gasteiger partial charge in [-0.15, -0.1) is 0 Å². The van der Waals surface area contributed by atoms with Crippen molar-refractivity contribution in [2.45, 2.75) is 18.9 Å². The monoisotopic (exact) mass is 415 g/mol. The van der Waals surface area contributed by atoms with Gasteiger partial charge in [0.25, 0.3) is 0 Å². The second-order valence-electron chi connectivity index (χ2n) is 7.45. The van der Waals surface area contributed by atoms with Crippen molar-refractivity contribution in [2.24, 2.45) is 0 Å². The van der Waals surface area contributed by atoms with Crippen LogP contribution in [-0.4, -0.2) is 25.0 Å². The van der Waals surface area contributed by atoms with E-state index in [9.17, 15) is 14.0 Å². The molecule has 0 saturated carbocycles. The third-order valence-electron chi connectivity index (χ3n) is 5.39. The average Bonchev–Trinajstić information content (AvgIpc) is 2.79. The topological polar surface area (TPSA) is 55.4 Å². The minimum Gasteiger partial charge on any atom is -0.467 e. The molecule has 4 nitrogen and oxygen atoms in total. The van der Waals surface area contributed by atoms with Gasteiger partial charge in [-0.25, -0.2) is 9.18 Å². The number of methoxy groups -OCH3 is 1. The molecular weight excluding hydrogens is 393 g/mol. The Balaban J connectivity index is 1.66. The van der Waals surface area contributed by atoms with Crippen LogP contribution in [0.15, 0.2) is 78.9 Å². The predicted octanol–water partition coefficient (Wildman–Crippen LogP) is 4.58. The highest BCUT2D eigenvalue weighted by molar-refractivity contribution is 6.02. The van der Waals surface area contributed by atoms with E-state index in [2.05, 4.69) is 11.4 Å². The summed E-state index contributed by atoms with van der Waals surface area (Å²) >= 11 is 0. The van der Waals surface area contributed by atoms with Crippen LogP contribution in [0.25, 0.3) is 21.5 Å². The summed E-state index contributed by atoms with van der Waals surface area (Å²) < 4.78 is 18.1.